The first-order chi connectivity index (χ1) is 8.45. The average molecular weight is 317 g/mol. The molecule has 5 atom stereocenters. The summed E-state index contributed by atoms with van der Waals surface area (Å²) in [4.78, 5) is -0.170. The van der Waals surface area contributed by atoms with Gasteiger partial charge in [-0.3, -0.25) is 0 Å². The van der Waals surface area contributed by atoms with Crippen molar-refractivity contribution in [3.63, 3.8) is 0 Å². The van der Waals surface area contributed by atoms with E-state index in [1.54, 1.807) is 0 Å². The fraction of sp³-hybridized carbons (Fsp3) is 1.00. The minimum Gasteiger partial charge on any atom is -0.367 e. The molecule has 4 unspecified atom stereocenters. The number of alkyl halides is 1. The molecule has 104 valence electrons. The Bertz CT molecular complexity index is 238. The zero-order chi connectivity index (χ0) is 13.7. The highest BCUT2D eigenvalue weighted by molar-refractivity contribution is 9.09. The fourth-order valence-electron chi connectivity index (χ4n) is 3.03. The lowest BCUT2D eigenvalue weighted by Gasteiger charge is -2.37. The minimum atomic E-state index is -0.792. The topological polar surface area (TPSA) is 29.5 Å². The van der Waals surface area contributed by atoms with Gasteiger partial charge in [0.1, 0.15) is 0 Å². The highest BCUT2D eigenvalue weighted by Crippen LogP contribution is 2.38. The van der Waals surface area contributed by atoms with Gasteiger partial charge in [0, 0.05) is 0 Å². The molecule has 0 heterocycles. The van der Waals surface area contributed by atoms with Crippen molar-refractivity contribution < 1.29 is 9.84 Å². The summed E-state index contributed by atoms with van der Waals surface area (Å²) in [5.74, 6) is 2.76. The Morgan fingerprint density at radius 1 is 1.39 bits per heavy atom. The van der Waals surface area contributed by atoms with Crippen molar-refractivity contribution in [2.45, 2.75) is 57.5 Å². The standard InChI is InChI=1S/C14H26BBrO2/c1-9(2)12-5-4-10(3)6-11(12)8-18-14(17)13(16)7-15/h9-14,17H,4-8H2,1-3H3/t10?,11?,12-,13?,14?/m0/s1. The summed E-state index contributed by atoms with van der Waals surface area (Å²) in [6, 6.07) is 0. The van der Waals surface area contributed by atoms with E-state index in [9.17, 15) is 5.11 Å². The van der Waals surface area contributed by atoms with Gasteiger partial charge in [0.2, 0.25) is 0 Å². The molecule has 1 rings (SSSR count). The molecule has 0 bridgehead atoms. The molecule has 0 saturated heterocycles. The smallest absolute Gasteiger partial charge is 0.166 e. The van der Waals surface area contributed by atoms with Gasteiger partial charge in [0.15, 0.2) is 6.29 Å². The fourth-order valence-corrected chi connectivity index (χ4v) is 3.19. The minimum absolute atomic E-state index is 0.170. The van der Waals surface area contributed by atoms with Crippen LogP contribution in [-0.4, -0.2) is 30.7 Å². The Hall–Kier alpha value is 0.465. The second-order valence-electron chi connectivity index (χ2n) is 6.06. The third-order valence-electron chi connectivity index (χ3n) is 4.18. The molecule has 1 saturated carbocycles. The summed E-state index contributed by atoms with van der Waals surface area (Å²) < 4.78 is 5.59. The highest BCUT2D eigenvalue weighted by atomic mass is 79.9. The Morgan fingerprint density at radius 2 is 2.06 bits per heavy atom. The molecule has 2 nitrogen and oxygen atoms in total. The van der Waals surface area contributed by atoms with E-state index in [1.807, 2.05) is 0 Å². The quantitative estimate of drug-likeness (QED) is 0.462. The van der Waals surface area contributed by atoms with Crippen molar-refractivity contribution in [1.29, 1.82) is 0 Å². The SMILES string of the molecule is [B]CC(Br)C(O)OCC1CC(C)CC[C@H]1C(C)C. The van der Waals surface area contributed by atoms with Gasteiger partial charge in [-0.25, -0.2) is 0 Å². The average Bonchev–Trinajstić information content (AvgIpc) is 2.34. The molecular formula is C14H26BBrO2. The molecule has 1 N–H and O–H groups in total. The lowest BCUT2D eigenvalue weighted by atomic mass is 9.70. The third-order valence-corrected chi connectivity index (χ3v) is 5.00. The van der Waals surface area contributed by atoms with Gasteiger partial charge in [-0.1, -0.05) is 49.4 Å². The predicted octanol–water partition coefficient (Wildman–Crippen LogP) is 3.38. The first-order valence-electron chi connectivity index (χ1n) is 7.09. The number of aliphatic hydroxyl groups is 1. The van der Waals surface area contributed by atoms with Gasteiger partial charge in [0.25, 0.3) is 0 Å². The molecule has 4 heteroatoms. The largest absolute Gasteiger partial charge is 0.367 e. The van der Waals surface area contributed by atoms with Crippen LogP contribution < -0.4 is 0 Å². The summed E-state index contributed by atoms with van der Waals surface area (Å²) in [5, 5.41) is 9.79. The van der Waals surface area contributed by atoms with Crippen LogP contribution in [0.5, 0.6) is 0 Å². The second kappa shape index (κ2) is 7.91. The van der Waals surface area contributed by atoms with Crippen molar-refractivity contribution in [1.82, 2.24) is 0 Å². The van der Waals surface area contributed by atoms with E-state index < -0.39 is 6.29 Å². The summed E-state index contributed by atoms with van der Waals surface area (Å²) in [7, 11) is 5.49. The summed E-state index contributed by atoms with van der Waals surface area (Å²) in [5.41, 5.74) is 0. The lowest BCUT2D eigenvalue weighted by Crippen LogP contribution is -2.34. The van der Waals surface area contributed by atoms with E-state index in [2.05, 4.69) is 36.7 Å². The number of halogens is 1. The van der Waals surface area contributed by atoms with Crippen LogP contribution in [0.4, 0.5) is 0 Å². The van der Waals surface area contributed by atoms with E-state index in [4.69, 9.17) is 12.6 Å². The lowest BCUT2D eigenvalue weighted by molar-refractivity contribution is -0.117. The molecule has 0 spiro atoms. The molecule has 18 heavy (non-hydrogen) atoms. The maximum Gasteiger partial charge on any atom is 0.166 e. The summed E-state index contributed by atoms with van der Waals surface area (Å²) >= 11 is 3.32. The van der Waals surface area contributed by atoms with Crippen LogP contribution >= 0.6 is 15.9 Å². The van der Waals surface area contributed by atoms with Crippen molar-refractivity contribution in [3.8, 4) is 0 Å². The summed E-state index contributed by atoms with van der Waals surface area (Å²) in [6.07, 6.45) is 3.42. The van der Waals surface area contributed by atoms with Crippen LogP contribution in [-0.2, 0) is 4.74 Å². The van der Waals surface area contributed by atoms with E-state index in [-0.39, 0.29) is 4.83 Å². The van der Waals surface area contributed by atoms with Crippen LogP contribution in [0.3, 0.4) is 0 Å². The van der Waals surface area contributed by atoms with E-state index in [0.29, 0.717) is 24.8 Å². The Balaban J connectivity index is 2.46. The molecule has 1 aliphatic carbocycles. The molecule has 2 radical (unpaired) electrons. The van der Waals surface area contributed by atoms with Crippen molar-refractivity contribution in [2.75, 3.05) is 6.61 Å². The van der Waals surface area contributed by atoms with Gasteiger partial charge in [-0.2, -0.15) is 0 Å². The van der Waals surface area contributed by atoms with E-state index >= 15 is 0 Å². The van der Waals surface area contributed by atoms with Crippen LogP contribution in [0.15, 0.2) is 0 Å². The Labute approximate surface area is 121 Å². The number of aliphatic hydroxyl groups excluding tert-OH is 1. The zero-order valence-corrected chi connectivity index (χ0v) is 13.4. The molecular weight excluding hydrogens is 291 g/mol. The maximum atomic E-state index is 9.79. The highest BCUT2D eigenvalue weighted by Gasteiger charge is 2.31. The van der Waals surface area contributed by atoms with Crippen LogP contribution in [0.1, 0.15) is 40.0 Å². The van der Waals surface area contributed by atoms with Crippen LogP contribution in [0.2, 0.25) is 6.32 Å². The maximum absolute atomic E-state index is 9.79. The van der Waals surface area contributed by atoms with Gasteiger partial charge >= 0.3 is 0 Å². The van der Waals surface area contributed by atoms with E-state index in [0.717, 1.165) is 11.8 Å². The second-order valence-corrected chi connectivity index (χ2v) is 7.24. The Morgan fingerprint density at radius 3 is 2.61 bits per heavy atom. The number of hydrogen-bond acceptors (Lipinski definition) is 2. The van der Waals surface area contributed by atoms with E-state index in [1.165, 1.54) is 19.3 Å². The van der Waals surface area contributed by atoms with Gasteiger partial charge in [0.05, 0.1) is 19.3 Å². The van der Waals surface area contributed by atoms with Gasteiger partial charge in [-0.15, -0.1) is 0 Å². The van der Waals surface area contributed by atoms with Gasteiger partial charge in [-0.05, 0) is 36.5 Å². The molecule has 0 amide bonds. The van der Waals surface area contributed by atoms with Crippen molar-refractivity contribution in [2.24, 2.45) is 23.7 Å². The molecule has 0 aromatic heterocycles. The monoisotopic (exact) mass is 316 g/mol. The molecule has 1 aliphatic rings. The Kier molecular flexibility index (Phi) is 7.26. The molecule has 0 aliphatic heterocycles. The van der Waals surface area contributed by atoms with Gasteiger partial charge < -0.3 is 9.84 Å². The van der Waals surface area contributed by atoms with Crippen molar-refractivity contribution >= 4 is 23.8 Å². The first-order valence-corrected chi connectivity index (χ1v) is 8.01. The number of hydrogen-bond donors (Lipinski definition) is 1. The molecule has 0 aromatic carbocycles. The van der Waals surface area contributed by atoms with Crippen LogP contribution in [0.25, 0.3) is 0 Å². The third kappa shape index (κ3) is 4.86. The normalized spacial score (nSPS) is 32.4. The molecule has 0 aromatic rings. The molecule has 1 fully saturated rings. The van der Waals surface area contributed by atoms with Crippen LogP contribution in [0, 0.1) is 23.7 Å². The predicted molar refractivity (Wildman–Crippen MR) is 80.1 cm³/mol. The summed E-state index contributed by atoms with van der Waals surface area (Å²) in [6.45, 7) is 7.54. The van der Waals surface area contributed by atoms with Crippen molar-refractivity contribution in [3.05, 3.63) is 0 Å². The zero-order valence-electron chi connectivity index (χ0n) is 11.8. The number of rotatable bonds is 6. The number of ether oxygens (including phenoxy) is 1. The first kappa shape index (κ1) is 16.5.